The van der Waals surface area contributed by atoms with Crippen LogP contribution in [-0.2, 0) is 0 Å². The number of hydrogen-bond acceptors (Lipinski definition) is 5. The summed E-state index contributed by atoms with van der Waals surface area (Å²) in [5.74, 6) is 1.41. The number of anilines is 2. The highest BCUT2D eigenvalue weighted by Gasteiger charge is 2.20. The third-order valence-corrected chi connectivity index (χ3v) is 5.40. The summed E-state index contributed by atoms with van der Waals surface area (Å²) >= 11 is 6.47. The van der Waals surface area contributed by atoms with Crippen LogP contribution in [0.2, 0.25) is 5.02 Å². The van der Waals surface area contributed by atoms with Crippen molar-refractivity contribution in [2.24, 2.45) is 0 Å². The molecule has 0 unspecified atom stereocenters. The molecule has 0 atom stereocenters. The molecule has 0 amide bonds. The van der Waals surface area contributed by atoms with Gasteiger partial charge in [0, 0.05) is 23.5 Å². The van der Waals surface area contributed by atoms with Crippen LogP contribution in [-0.4, -0.2) is 28.8 Å². The number of methoxy groups -OCH3 is 2. The molecule has 0 spiro atoms. The zero-order valence-corrected chi connectivity index (χ0v) is 17.7. The number of aromatic nitrogens is 3. The molecule has 154 valence electrons. The Hall–Kier alpha value is -3.32. The highest BCUT2D eigenvalue weighted by molar-refractivity contribution is 6.34. The first-order valence-corrected chi connectivity index (χ1v) is 9.59. The molecule has 6 nitrogen and oxygen atoms in total. The minimum Gasteiger partial charge on any atom is -0.497 e. The van der Waals surface area contributed by atoms with E-state index in [9.17, 15) is 4.39 Å². The quantitative estimate of drug-likeness (QED) is 0.450. The van der Waals surface area contributed by atoms with Gasteiger partial charge in [0.25, 0.3) is 0 Å². The van der Waals surface area contributed by atoms with Crippen LogP contribution in [0.5, 0.6) is 11.5 Å². The van der Waals surface area contributed by atoms with Gasteiger partial charge in [-0.2, -0.15) is 0 Å². The van der Waals surface area contributed by atoms with Crippen molar-refractivity contribution < 1.29 is 13.9 Å². The molecule has 0 radical (unpaired) electrons. The molecule has 0 fully saturated rings. The Balaban J connectivity index is 1.89. The summed E-state index contributed by atoms with van der Waals surface area (Å²) in [5.41, 5.74) is 4.08. The highest BCUT2D eigenvalue weighted by Crippen LogP contribution is 2.40. The van der Waals surface area contributed by atoms with Crippen molar-refractivity contribution in [1.82, 2.24) is 14.5 Å². The number of halogens is 2. The predicted octanol–water partition coefficient (Wildman–Crippen LogP) is 5.59. The van der Waals surface area contributed by atoms with E-state index in [1.54, 1.807) is 38.5 Å². The molecule has 4 aromatic rings. The standard InChI is InChI=1S/C22H20ClFN4O2/c1-12-13(2)28(15-7-5-14(24)6-8-15)22-19(12)21(25-11-26-22)27-20-17(23)9-16(29-3)10-18(20)30-4/h5-11H,1-4H3,(H,25,26,27). The van der Waals surface area contributed by atoms with Gasteiger partial charge in [-0.15, -0.1) is 0 Å². The Morgan fingerprint density at radius 1 is 1.03 bits per heavy atom. The Kier molecular flexibility index (Phi) is 5.22. The minimum atomic E-state index is -0.289. The minimum absolute atomic E-state index is 0.289. The number of fused-ring (bicyclic) bond motifs is 1. The number of nitrogens with one attached hydrogen (secondary N) is 1. The average molecular weight is 427 g/mol. The van der Waals surface area contributed by atoms with Crippen molar-refractivity contribution >= 4 is 34.1 Å². The fourth-order valence-electron chi connectivity index (χ4n) is 3.48. The lowest BCUT2D eigenvalue weighted by molar-refractivity contribution is 0.395. The second kappa shape index (κ2) is 7.84. The second-order valence-corrected chi connectivity index (χ2v) is 7.16. The van der Waals surface area contributed by atoms with E-state index in [-0.39, 0.29) is 5.82 Å². The molecule has 0 aliphatic carbocycles. The Morgan fingerprint density at radius 2 is 1.77 bits per heavy atom. The van der Waals surface area contributed by atoms with Crippen LogP contribution in [0.1, 0.15) is 11.3 Å². The van der Waals surface area contributed by atoms with Crippen LogP contribution in [0.3, 0.4) is 0 Å². The van der Waals surface area contributed by atoms with E-state index in [0.29, 0.717) is 33.7 Å². The van der Waals surface area contributed by atoms with E-state index in [0.717, 1.165) is 22.3 Å². The third kappa shape index (κ3) is 3.31. The van der Waals surface area contributed by atoms with E-state index >= 15 is 0 Å². The molecule has 0 aliphatic heterocycles. The molecule has 0 aliphatic rings. The van der Waals surface area contributed by atoms with Crippen LogP contribution < -0.4 is 14.8 Å². The van der Waals surface area contributed by atoms with E-state index in [1.165, 1.54) is 18.5 Å². The van der Waals surface area contributed by atoms with Crippen LogP contribution in [0.15, 0.2) is 42.7 Å². The van der Waals surface area contributed by atoms with Gasteiger partial charge in [0.2, 0.25) is 0 Å². The fraction of sp³-hybridized carbons (Fsp3) is 0.182. The summed E-state index contributed by atoms with van der Waals surface area (Å²) in [7, 11) is 3.13. The topological polar surface area (TPSA) is 61.2 Å². The molecule has 0 saturated carbocycles. The fourth-order valence-corrected chi connectivity index (χ4v) is 3.72. The lowest BCUT2D eigenvalue weighted by Gasteiger charge is -2.15. The van der Waals surface area contributed by atoms with E-state index < -0.39 is 0 Å². The number of ether oxygens (including phenoxy) is 2. The van der Waals surface area contributed by atoms with Crippen molar-refractivity contribution in [3.63, 3.8) is 0 Å². The third-order valence-electron chi connectivity index (χ3n) is 5.10. The molecule has 30 heavy (non-hydrogen) atoms. The molecular weight excluding hydrogens is 407 g/mol. The van der Waals surface area contributed by atoms with Gasteiger partial charge < -0.3 is 14.8 Å². The molecule has 0 bridgehead atoms. The number of benzene rings is 2. The van der Waals surface area contributed by atoms with Crippen molar-refractivity contribution in [2.45, 2.75) is 13.8 Å². The lowest BCUT2D eigenvalue weighted by Crippen LogP contribution is -2.01. The average Bonchev–Trinajstić information content (AvgIpc) is 3.01. The van der Waals surface area contributed by atoms with Crippen LogP contribution >= 0.6 is 11.6 Å². The Labute approximate surface area is 178 Å². The van der Waals surface area contributed by atoms with Crippen molar-refractivity contribution in [3.8, 4) is 17.2 Å². The van der Waals surface area contributed by atoms with Gasteiger partial charge in [-0.3, -0.25) is 4.57 Å². The lowest BCUT2D eigenvalue weighted by atomic mass is 10.2. The maximum absolute atomic E-state index is 13.4. The van der Waals surface area contributed by atoms with Crippen molar-refractivity contribution in [2.75, 3.05) is 19.5 Å². The maximum atomic E-state index is 13.4. The molecular formula is C22H20ClFN4O2. The SMILES string of the molecule is COc1cc(Cl)c(Nc2ncnc3c2c(C)c(C)n3-c2ccc(F)cc2)c(OC)c1. The summed E-state index contributed by atoms with van der Waals surface area (Å²) in [6.45, 7) is 3.99. The van der Waals surface area contributed by atoms with Gasteiger partial charge in [-0.05, 0) is 43.7 Å². The summed E-state index contributed by atoms with van der Waals surface area (Å²) in [6.07, 6.45) is 1.48. The van der Waals surface area contributed by atoms with Crippen LogP contribution in [0, 0.1) is 19.7 Å². The van der Waals surface area contributed by atoms with Gasteiger partial charge >= 0.3 is 0 Å². The second-order valence-electron chi connectivity index (χ2n) is 6.75. The highest BCUT2D eigenvalue weighted by atomic mass is 35.5. The maximum Gasteiger partial charge on any atom is 0.150 e. The molecule has 2 aromatic carbocycles. The smallest absolute Gasteiger partial charge is 0.150 e. The summed E-state index contributed by atoms with van der Waals surface area (Å²) in [5, 5.41) is 4.57. The predicted molar refractivity (Wildman–Crippen MR) is 116 cm³/mol. The Morgan fingerprint density at radius 3 is 2.43 bits per heavy atom. The van der Waals surface area contributed by atoms with E-state index in [2.05, 4.69) is 15.3 Å². The molecule has 0 saturated heterocycles. The van der Waals surface area contributed by atoms with Crippen LogP contribution in [0.4, 0.5) is 15.9 Å². The summed E-state index contributed by atoms with van der Waals surface area (Å²) in [4.78, 5) is 8.93. The number of rotatable bonds is 5. The molecule has 1 N–H and O–H groups in total. The largest absolute Gasteiger partial charge is 0.497 e. The van der Waals surface area contributed by atoms with Gasteiger partial charge in [0.15, 0.2) is 5.65 Å². The summed E-state index contributed by atoms with van der Waals surface area (Å²) in [6, 6.07) is 9.75. The molecule has 4 rings (SSSR count). The first-order valence-electron chi connectivity index (χ1n) is 9.21. The normalized spacial score (nSPS) is 11.0. The molecule has 8 heteroatoms. The number of nitrogens with zero attached hydrogens (tertiary/aromatic N) is 3. The number of aryl methyl sites for hydroxylation is 1. The van der Waals surface area contributed by atoms with Crippen molar-refractivity contribution in [1.29, 1.82) is 0 Å². The van der Waals surface area contributed by atoms with Crippen LogP contribution in [0.25, 0.3) is 16.7 Å². The zero-order chi connectivity index (χ0) is 21.4. The monoisotopic (exact) mass is 426 g/mol. The first-order chi connectivity index (χ1) is 14.4. The van der Waals surface area contributed by atoms with E-state index in [1.807, 2.05) is 18.4 Å². The molecule has 2 aromatic heterocycles. The number of hydrogen-bond donors (Lipinski definition) is 1. The Bertz CT molecular complexity index is 1240. The van der Waals surface area contributed by atoms with Crippen molar-refractivity contribution in [3.05, 3.63) is 64.8 Å². The van der Waals surface area contributed by atoms with E-state index in [4.69, 9.17) is 21.1 Å². The van der Waals surface area contributed by atoms with Gasteiger partial charge in [0.1, 0.15) is 35.1 Å². The van der Waals surface area contributed by atoms with Gasteiger partial charge in [0.05, 0.1) is 24.6 Å². The molecule has 2 heterocycles. The van der Waals surface area contributed by atoms with Gasteiger partial charge in [-0.1, -0.05) is 11.6 Å². The zero-order valence-electron chi connectivity index (χ0n) is 17.0. The summed E-state index contributed by atoms with van der Waals surface area (Å²) < 4.78 is 26.1. The van der Waals surface area contributed by atoms with Gasteiger partial charge in [-0.25, -0.2) is 14.4 Å². The first kappa shape index (κ1) is 20.0.